The fraction of sp³-hybridized carbons (Fsp3) is 0.308. The fourth-order valence-corrected chi connectivity index (χ4v) is 4.07. The number of nitrogens with zero attached hydrogens (tertiary/aromatic N) is 2. The lowest BCUT2D eigenvalue weighted by Crippen LogP contribution is -2.38. The lowest BCUT2D eigenvalue weighted by atomic mass is 9.89. The number of amides is 1. The van der Waals surface area contributed by atoms with Crippen molar-refractivity contribution in [1.29, 1.82) is 0 Å². The molecular weight excluding hydrogens is 432 g/mol. The number of carbonyl (C=O) groups is 2. The van der Waals surface area contributed by atoms with Crippen LogP contribution in [0, 0.1) is 0 Å². The summed E-state index contributed by atoms with van der Waals surface area (Å²) in [5.41, 5.74) is 2.35. The number of fused-ring (bicyclic) bond motifs is 1. The van der Waals surface area contributed by atoms with Crippen LogP contribution in [0.1, 0.15) is 37.0 Å². The second-order valence-corrected chi connectivity index (χ2v) is 8.32. The van der Waals surface area contributed by atoms with Crippen LogP contribution in [0.5, 0.6) is 0 Å². The standard InChI is InChI=1S/C26H28N4O4/c1-17(27-2)25(32)29-21-15-28-24(19-10-4-3-5-11-19)30(26(21)33)16-23(31)34-22-14-8-12-18-9-6-7-13-20(18)22/h3-7,9-11,13,15,17,22,27H,8,12,14,16H2,1-2H3,(H,29,32). The summed E-state index contributed by atoms with van der Waals surface area (Å²) in [4.78, 5) is 43.0. The van der Waals surface area contributed by atoms with Gasteiger partial charge in [0.25, 0.3) is 5.56 Å². The van der Waals surface area contributed by atoms with Crippen molar-refractivity contribution < 1.29 is 14.3 Å². The summed E-state index contributed by atoms with van der Waals surface area (Å²) < 4.78 is 7.08. The third-order valence-corrected chi connectivity index (χ3v) is 6.04. The highest BCUT2D eigenvalue weighted by Crippen LogP contribution is 2.32. The summed E-state index contributed by atoms with van der Waals surface area (Å²) in [6, 6.07) is 16.6. The number of rotatable bonds is 7. The van der Waals surface area contributed by atoms with E-state index in [1.54, 1.807) is 14.0 Å². The number of hydrogen-bond acceptors (Lipinski definition) is 6. The number of hydrogen-bond donors (Lipinski definition) is 2. The third-order valence-electron chi connectivity index (χ3n) is 6.04. The molecule has 0 saturated heterocycles. The van der Waals surface area contributed by atoms with Crippen LogP contribution in [-0.2, 0) is 27.3 Å². The zero-order valence-electron chi connectivity index (χ0n) is 19.3. The lowest BCUT2D eigenvalue weighted by molar-refractivity contribution is -0.151. The zero-order valence-corrected chi connectivity index (χ0v) is 19.3. The highest BCUT2D eigenvalue weighted by atomic mass is 16.5. The smallest absolute Gasteiger partial charge is 0.326 e. The van der Waals surface area contributed by atoms with Crippen LogP contribution in [0.25, 0.3) is 11.4 Å². The molecule has 2 unspecified atom stereocenters. The predicted octanol–water partition coefficient (Wildman–Crippen LogP) is 3.08. The van der Waals surface area contributed by atoms with Crippen molar-refractivity contribution in [1.82, 2.24) is 14.9 Å². The van der Waals surface area contributed by atoms with E-state index in [4.69, 9.17) is 4.74 Å². The molecule has 8 nitrogen and oxygen atoms in total. The molecule has 1 aliphatic carbocycles. The van der Waals surface area contributed by atoms with E-state index in [9.17, 15) is 14.4 Å². The van der Waals surface area contributed by atoms with Crippen molar-refractivity contribution in [2.24, 2.45) is 0 Å². The van der Waals surface area contributed by atoms with Crippen molar-refractivity contribution in [2.75, 3.05) is 12.4 Å². The number of anilines is 1. The van der Waals surface area contributed by atoms with Gasteiger partial charge in [-0.2, -0.15) is 0 Å². The van der Waals surface area contributed by atoms with Gasteiger partial charge in [0.2, 0.25) is 5.91 Å². The number of carbonyl (C=O) groups excluding carboxylic acids is 2. The molecule has 2 atom stereocenters. The van der Waals surface area contributed by atoms with Crippen molar-refractivity contribution in [2.45, 2.75) is 44.9 Å². The molecule has 1 aromatic heterocycles. The van der Waals surface area contributed by atoms with Gasteiger partial charge in [0.05, 0.1) is 12.2 Å². The highest BCUT2D eigenvalue weighted by molar-refractivity contribution is 5.94. The summed E-state index contributed by atoms with van der Waals surface area (Å²) in [6.45, 7) is 1.36. The Hall–Kier alpha value is -3.78. The summed E-state index contributed by atoms with van der Waals surface area (Å²) >= 11 is 0. The molecule has 3 aromatic rings. The van der Waals surface area contributed by atoms with Crippen LogP contribution in [-0.4, -0.2) is 34.5 Å². The van der Waals surface area contributed by atoms with Gasteiger partial charge < -0.3 is 15.4 Å². The van der Waals surface area contributed by atoms with Crippen molar-refractivity contribution in [3.63, 3.8) is 0 Å². The van der Waals surface area contributed by atoms with Crippen LogP contribution in [0.4, 0.5) is 5.69 Å². The molecule has 34 heavy (non-hydrogen) atoms. The van der Waals surface area contributed by atoms with Gasteiger partial charge in [-0.3, -0.25) is 19.0 Å². The lowest BCUT2D eigenvalue weighted by Gasteiger charge is -2.25. The maximum Gasteiger partial charge on any atom is 0.326 e. The van der Waals surface area contributed by atoms with Gasteiger partial charge >= 0.3 is 5.97 Å². The number of nitrogens with one attached hydrogen (secondary N) is 2. The van der Waals surface area contributed by atoms with Gasteiger partial charge in [-0.25, -0.2) is 4.98 Å². The van der Waals surface area contributed by atoms with Crippen LogP contribution in [0.2, 0.25) is 0 Å². The second kappa shape index (κ2) is 10.4. The number of likely N-dealkylation sites (N-methyl/N-ethyl adjacent to an activating group) is 1. The first kappa shape index (κ1) is 23.4. The molecule has 8 heteroatoms. The van der Waals surface area contributed by atoms with E-state index in [1.807, 2.05) is 48.5 Å². The van der Waals surface area contributed by atoms with E-state index in [1.165, 1.54) is 16.3 Å². The average Bonchev–Trinajstić information content (AvgIpc) is 2.86. The first-order valence-electron chi connectivity index (χ1n) is 11.4. The molecule has 0 radical (unpaired) electrons. The normalized spacial score (nSPS) is 15.8. The number of esters is 1. The summed E-state index contributed by atoms with van der Waals surface area (Å²) in [5, 5.41) is 5.42. The first-order valence-corrected chi connectivity index (χ1v) is 11.4. The summed E-state index contributed by atoms with van der Waals surface area (Å²) in [7, 11) is 1.65. The Labute approximate surface area is 198 Å². The molecule has 0 spiro atoms. The van der Waals surface area contributed by atoms with Gasteiger partial charge in [-0.1, -0.05) is 54.6 Å². The molecule has 4 rings (SSSR count). The molecule has 0 saturated carbocycles. The van der Waals surface area contributed by atoms with E-state index in [0.29, 0.717) is 11.4 Å². The Morgan fingerprint density at radius 1 is 1.15 bits per heavy atom. The van der Waals surface area contributed by atoms with Crippen molar-refractivity contribution >= 4 is 17.6 Å². The maximum atomic E-state index is 13.3. The predicted molar refractivity (Wildman–Crippen MR) is 129 cm³/mol. The number of ether oxygens (including phenoxy) is 1. The van der Waals surface area contributed by atoms with Gasteiger partial charge in [0.1, 0.15) is 24.2 Å². The summed E-state index contributed by atoms with van der Waals surface area (Å²) in [6.07, 6.45) is 3.60. The van der Waals surface area contributed by atoms with Crippen LogP contribution >= 0.6 is 0 Å². The minimum absolute atomic E-state index is 0.00240. The van der Waals surface area contributed by atoms with Crippen LogP contribution in [0.15, 0.2) is 65.6 Å². The minimum Gasteiger partial charge on any atom is -0.456 e. The van der Waals surface area contributed by atoms with Gasteiger partial charge in [0.15, 0.2) is 0 Å². The molecule has 0 aliphatic heterocycles. The molecule has 1 heterocycles. The van der Waals surface area contributed by atoms with E-state index in [-0.39, 0.29) is 24.2 Å². The van der Waals surface area contributed by atoms with E-state index < -0.39 is 17.6 Å². The SMILES string of the molecule is CNC(C)C(=O)Nc1cnc(-c2ccccc2)n(CC(=O)OC2CCCc3ccccc32)c1=O. The van der Waals surface area contributed by atoms with Crippen LogP contribution in [0.3, 0.4) is 0 Å². The van der Waals surface area contributed by atoms with E-state index >= 15 is 0 Å². The van der Waals surface area contributed by atoms with Gasteiger partial charge in [-0.05, 0) is 44.4 Å². The third kappa shape index (κ3) is 5.07. The summed E-state index contributed by atoms with van der Waals surface area (Å²) in [5.74, 6) is -0.581. The maximum absolute atomic E-state index is 13.3. The first-order chi connectivity index (χ1) is 16.5. The molecule has 0 bridgehead atoms. The van der Waals surface area contributed by atoms with Crippen molar-refractivity contribution in [3.8, 4) is 11.4 Å². The Bertz CT molecular complexity index is 1240. The molecule has 176 valence electrons. The minimum atomic E-state index is -0.533. The monoisotopic (exact) mass is 460 g/mol. The number of aryl methyl sites for hydroxylation is 1. The molecular formula is C26H28N4O4. The Kier molecular flexibility index (Phi) is 7.18. The van der Waals surface area contributed by atoms with Gasteiger partial charge in [0, 0.05) is 5.56 Å². The molecule has 2 N–H and O–H groups in total. The molecule has 2 aromatic carbocycles. The largest absolute Gasteiger partial charge is 0.456 e. The van der Waals surface area contributed by atoms with Gasteiger partial charge in [-0.15, -0.1) is 0 Å². The second-order valence-electron chi connectivity index (χ2n) is 8.32. The highest BCUT2D eigenvalue weighted by Gasteiger charge is 2.25. The average molecular weight is 461 g/mol. The Morgan fingerprint density at radius 3 is 2.65 bits per heavy atom. The zero-order chi connectivity index (χ0) is 24.1. The Balaban J connectivity index is 1.63. The van der Waals surface area contributed by atoms with E-state index in [0.717, 1.165) is 24.8 Å². The molecule has 1 amide bonds. The van der Waals surface area contributed by atoms with E-state index in [2.05, 4.69) is 21.7 Å². The molecule has 0 fully saturated rings. The topological polar surface area (TPSA) is 102 Å². The quantitative estimate of drug-likeness (QED) is 0.526. The van der Waals surface area contributed by atoms with Crippen LogP contribution < -0.4 is 16.2 Å². The number of aromatic nitrogens is 2. The Morgan fingerprint density at radius 2 is 1.88 bits per heavy atom. The fourth-order valence-electron chi connectivity index (χ4n) is 4.07. The number of benzene rings is 2. The molecule has 1 aliphatic rings. The van der Waals surface area contributed by atoms with Crippen molar-refractivity contribution in [3.05, 3.63) is 82.3 Å².